The second-order valence-electron chi connectivity index (χ2n) is 4.12. The van der Waals surface area contributed by atoms with E-state index < -0.39 is 15.3 Å². The normalized spacial score (nSPS) is 17.6. The topological polar surface area (TPSA) is 75.6 Å². The van der Waals surface area contributed by atoms with Crippen LogP contribution < -0.4 is 4.72 Å². The summed E-state index contributed by atoms with van der Waals surface area (Å²) in [5, 5.41) is 8.92. The molecule has 0 amide bonds. The van der Waals surface area contributed by atoms with Gasteiger partial charge in [-0.1, -0.05) is 11.6 Å². The average molecular weight is 292 g/mol. The van der Waals surface area contributed by atoms with Gasteiger partial charge in [0.15, 0.2) is 0 Å². The van der Waals surface area contributed by atoms with Crippen LogP contribution in [0.1, 0.15) is 12.8 Å². The second kappa shape index (κ2) is 5.34. The highest BCUT2D eigenvalue weighted by Gasteiger charge is 2.28. The van der Waals surface area contributed by atoms with Gasteiger partial charge in [0.05, 0.1) is 16.0 Å². The fraction of sp³-hybridized carbons (Fsp3) is 0.455. The second-order valence-corrected chi connectivity index (χ2v) is 6.49. The largest absolute Gasteiger partial charge is 0.508 e. The summed E-state index contributed by atoms with van der Waals surface area (Å²) >= 11 is 5.86. The maximum Gasteiger partial charge on any atom is 0.235 e. The van der Waals surface area contributed by atoms with Crippen LogP contribution in [0.25, 0.3) is 0 Å². The summed E-state index contributed by atoms with van der Waals surface area (Å²) in [6, 6.07) is 4.12. The third kappa shape index (κ3) is 3.07. The Balaban J connectivity index is 2.16. The van der Waals surface area contributed by atoms with Crippen LogP contribution in [-0.4, -0.2) is 32.0 Å². The Bertz CT molecular complexity index is 526. The van der Waals surface area contributed by atoms with Gasteiger partial charge in [0.25, 0.3) is 0 Å². The van der Waals surface area contributed by atoms with E-state index in [1.165, 1.54) is 18.2 Å². The van der Waals surface area contributed by atoms with Gasteiger partial charge < -0.3 is 9.84 Å². The minimum absolute atomic E-state index is 0.00554. The first-order valence-electron chi connectivity index (χ1n) is 5.57. The fourth-order valence-corrected chi connectivity index (χ4v) is 3.55. The number of hydrogen-bond acceptors (Lipinski definition) is 4. The first kappa shape index (κ1) is 13.5. The Morgan fingerprint density at radius 2 is 2.00 bits per heavy atom. The molecule has 2 N–H and O–H groups in total. The Labute approximate surface area is 111 Å². The molecule has 1 aromatic carbocycles. The van der Waals surface area contributed by atoms with Crippen LogP contribution in [0.3, 0.4) is 0 Å². The molecule has 1 heterocycles. The molecule has 1 fully saturated rings. The van der Waals surface area contributed by atoms with Crippen LogP contribution in [0.15, 0.2) is 18.2 Å². The zero-order chi connectivity index (χ0) is 13.2. The summed E-state index contributed by atoms with van der Waals surface area (Å²) in [6.45, 7) is 0.907. The highest BCUT2D eigenvalue weighted by molar-refractivity contribution is 7.93. The van der Waals surface area contributed by atoms with E-state index in [1.54, 1.807) is 0 Å². The summed E-state index contributed by atoms with van der Waals surface area (Å²) in [5.41, 5.74) is 0.279. The van der Waals surface area contributed by atoms with E-state index in [-0.39, 0.29) is 16.5 Å². The van der Waals surface area contributed by atoms with Crippen molar-refractivity contribution in [1.82, 2.24) is 0 Å². The molecule has 2 rings (SSSR count). The first-order valence-corrected chi connectivity index (χ1v) is 7.49. The van der Waals surface area contributed by atoms with Crippen LogP contribution in [0, 0.1) is 0 Å². The molecular formula is C11H14ClNO4S. The number of hydrogen-bond donors (Lipinski definition) is 2. The van der Waals surface area contributed by atoms with Crippen molar-refractivity contribution in [3.8, 4) is 5.75 Å². The van der Waals surface area contributed by atoms with E-state index in [9.17, 15) is 13.5 Å². The van der Waals surface area contributed by atoms with Crippen molar-refractivity contribution in [2.45, 2.75) is 18.1 Å². The fourth-order valence-electron chi connectivity index (χ4n) is 1.81. The van der Waals surface area contributed by atoms with Crippen LogP contribution in [-0.2, 0) is 14.8 Å². The zero-order valence-electron chi connectivity index (χ0n) is 9.60. The van der Waals surface area contributed by atoms with Crippen molar-refractivity contribution >= 4 is 27.3 Å². The summed E-state index contributed by atoms with van der Waals surface area (Å²) in [7, 11) is -3.47. The molecule has 0 aromatic heterocycles. The average Bonchev–Trinajstić information content (AvgIpc) is 2.34. The summed E-state index contributed by atoms with van der Waals surface area (Å²) < 4.78 is 31.8. The van der Waals surface area contributed by atoms with E-state index in [2.05, 4.69) is 4.72 Å². The molecule has 0 aliphatic carbocycles. The molecule has 1 saturated heterocycles. The Morgan fingerprint density at radius 3 is 2.61 bits per heavy atom. The lowest BCUT2D eigenvalue weighted by Crippen LogP contribution is -2.33. The minimum Gasteiger partial charge on any atom is -0.508 e. The SMILES string of the molecule is O=S(=O)(Nc1ccc(O)cc1Cl)C1CCOCC1. The van der Waals surface area contributed by atoms with E-state index in [1.807, 2.05) is 0 Å². The molecule has 0 radical (unpaired) electrons. The van der Waals surface area contributed by atoms with E-state index in [4.69, 9.17) is 16.3 Å². The lowest BCUT2D eigenvalue weighted by Gasteiger charge is -2.23. The minimum atomic E-state index is -3.47. The molecule has 5 nitrogen and oxygen atoms in total. The third-order valence-corrected chi connectivity index (χ3v) is 4.98. The van der Waals surface area contributed by atoms with E-state index in [0.29, 0.717) is 26.1 Å². The zero-order valence-corrected chi connectivity index (χ0v) is 11.2. The van der Waals surface area contributed by atoms with Gasteiger partial charge >= 0.3 is 0 Å². The van der Waals surface area contributed by atoms with Crippen LogP contribution in [0.5, 0.6) is 5.75 Å². The molecule has 0 unspecified atom stereocenters. The molecule has 1 aliphatic heterocycles. The molecule has 0 saturated carbocycles. The lowest BCUT2D eigenvalue weighted by molar-refractivity contribution is 0.0984. The highest BCUT2D eigenvalue weighted by Crippen LogP contribution is 2.28. The van der Waals surface area contributed by atoms with Gasteiger partial charge in [-0.3, -0.25) is 4.72 Å². The molecule has 1 aromatic rings. The molecule has 1 aliphatic rings. The van der Waals surface area contributed by atoms with Gasteiger partial charge in [-0.2, -0.15) is 0 Å². The van der Waals surface area contributed by atoms with Crippen molar-refractivity contribution in [3.63, 3.8) is 0 Å². The number of rotatable bonds is 3. The Hall–Kier alpha value is -0.980. The van der Waals surface area contributed by atoms with Crippen LogP contribution in [0.4, 0.5) is 5.69 Å². The number of ether oxygens (including phenoxy) is 1. The third-order valence-electron chi connectivity index (χ3n) is 2.81. The number of anilines is 1. The van der Waals surface area contributed by atoms with E-state index in [0.717, 1.165) is 0 Å². The number of phenols is 1. The van der Waals surface area contributed by atoms with Gasteiger partial charge in [0, 0.05) is 19.3 Å². The monoisotopic (exact) mass is 291 g/mol. The molecule has 7 heteroatoms. The van der Waals surface area contributed by atoms with Crippen molar-refractivity contribution in [1.29, 1.82) is 0 Å². The standard InChI is InChI=1S/C11H14ClNO4S/c12-10-7-8(14)1-2-11(10)13-18(15,16)9-3-5-17-6-4-9/h1-2,7,9,13-14H,3-6H2. The van der Waals surface area contributed by atoms with Crippen molar-refractivity contribution < 1.29 is 18.3 Å². The Kier molecular flexibility index (Phi) is 3.99. The number of phenolic OH excluding ortho intramolecular Hbond substituents is 1. The number of aromatic hydroxyl groups is 1. The van der Waals surface area contributed by atoms with Crippen molar-refractivity contribution in [2.75, 3.05) is 17.9 Å². The van der Waals surface area contributed by atoms with Gasteiger partial charge in [0.1, 0.15) is 5.75 Å². The van der Waals surface area contributed by atoms with Crippen LogP contribution in [0.2, 0.25) is 5.02 Å². The molecule has 18 heavy (non-hydrogen) atoms. The van der Waals surface area contributed by atoms with Crippen LogP contribution >= 0.6 is 11.6 Å². The molecule has 0 bridgehead atoms. The number of sulfonamides is 1. The molecule has 100 valence electrons. The van der Waals surface area contributed by atoms with Gasteiger partial charge in [0.2, 0.25) is 10.0 Å². The van der Waals surface area contributed by atoms with Gasteiger partial charge in [-0.25, -0.2) is 8.42 Å². The molecular weight excluding hydrogens is 278 g/mol. The van der Waals surface area contributed by atoms with E-state index >= 15 is 0 Å². The van der Waals surface area contributed by atoms with Crippen molar-refractivity contribution in [2.24, 2.45) is 0 Å². The molecule has 0 atom stereocenters. The summed E-state index contributed by atoms with van der Waals surface area (Å²) in [4.78, 5) is 0. The lowest BCUT2D eigenvalue weighted by atomic mass is 10.2. The summed E-state index contributed by atoms with van der Waals surface area (Å²) in [6.07, 6.45) is 0.954. The quantitative estimate of drug-likeness (QED) is 0.835. The summed E-state index contributed by atoms with van der Waals surface area (Å²) in [5.74, 6) is -0.00554. The predicted molar refractivity (Wildman–Crippen MR) is 69.5 cm³/mol. The number of halogens is 1. The predicted octanol–water partition coefficient (Wildman–Crippen LogP) is 1.97. The first-order chi connectivity index (χ1) is 8.49. The maximum absolute atomic E-state index is 12.1. The van der Waals surface area contributed by atoms with Crippen molar-refractivity contribution in [3.05, 3.63) is 23.2 Å². The van der Waals surface area contributed by atoms with Gasteiger partial charge in [-0.15, -0.1) is 0 Å². The smallest absolute Gasteiger partial charge is 0.235 e. The highest BCUT2D eigenvalue weighted by atomic mass is 35.5. The number of benzene rings is 1. The maximum atomic E-state index is 12.1. The molecule has 0 spiro atoms. The van der Waals surface area contributed by atoms with Gasteiger partial charge in [-0.05, 0) is 25.0 Å². The number of nitrogens with one attached hydrogen (secondary N) is 1. The Morgan fingerprint density at radius 1 is 1.33 bits per heavy atom.